The van der Waals surface area contributed by atoms with Gasteiger partial charge in [-0.05, 0) is 12.3 Å². The van der Waals surface area contributed by atoms with Gasteiger partial charge in [0, 0.05) is 18.6 Å². The van der Waals surface area contributed by atoms with Gasteiger partial charge in [0.25, 0.3) is 0 Å². The van der Waals surface area contributed by atoms with Crippen molar-refractivity contribution in [1.29, 1.82) is 0 Å². The molecule has 0 fully saturated rings. The molecular weight excluding hydrogens is 268 g/mol. The molecule has 0 aromatic heterocycles. The maximum absolute atomic E-state index is 11.7. The zero-order valence-corrected chi connectivity index (χ0v) is 11.9. The average molecular weight is 287 g/mol. The molecule has 3 N–H and O–H groups in total. The number of halogens is 1. The van der Waals surface area contributed by atoms with Crippen molar-refractivity contribution in [2.24, 2.45) is 5.92 Å². The number of anilines is 2. The minimum Gasteiger partial charge on any atom is -0.454 e. The Morgan fingerprint density at radius 1 is 1.37 bits per heavy atom. The van der Waals surface area contributed by atoms with Gasteiger partial charge in [-0.2, -0.15) is 0 Å². The summed E-state index contributed by atoms with van der Waals surface area (Å²) >= 11 is 0. The number of nitrogens with two attached hydrogens (primary N) is 1. The molecular formula is C13H19ClN2O3. The van der Waals surface area contributed by atoms with E-state index in [-0.39, 0.29) is 25.1 Å². The Morgan fingerprint density at radius 3 is 2.63 bits per heavy atom. The minimum absolute atomic E-state index is 0. The van der Waals surface area contributed by atoms with Crippen LogP contribution in [0.1, 0.15) is 26.7 Å². The standard InChI is InChI=1S/C13H18N2O3.ClH/c1-8(2)3-4-13(16)15-10-6-12-11(5-9(10)14)17-7-18-12;/h5-6,8H,3-4,7,14H2,1-2H3,(H,15,16);1H. The van der Waals surface area contributed by atoms with Gasteiger partial charge in [-0.25, -0.2) is 0 Å². The van der Waals surface area contributed by atoms with E-state index in [4.69, 9.17) is 15.2 Å². The van der Waals surface area contributed by atoms with Gasteiger partial charge in [-0.1, -0.05) is 13.8 Å². The maximum Gasteiger partial charge on any atom is 0.231 e. The van der Waals surface area contributed by atoms with Gasteiger partial charge in [-0.15, -0.1) is 12.4 Å². The van der Waals surface area contributed by atoms with Crippen molar-refractivity contribution in [3.05, 3.63) is 12.1 Å². The van der Waals surface area contributed by atoms with Crippen LogP contribution in [0.25, 0.3) is 0 Å². The van der Waals surface area contributed by atoms with E-state index in [0.29, 0.717) is 35.2 Å². The van der Waals surface area contributed by atoms with Crippen LogP contribution in [0.2, 0.25) is 0 Å². The van der Waals surface area contributed by atoms with Crippen molar-refractivity contribution in [2.75, 3.05) is 17.8 Å². The molecule has 0 radical (unpaired) electrons. The highest BCUT2D eigenvalue weighted by molar-refractivity contribution is 5.94. The van der Waals surface area contributed by atoms with Gasteiger partial charge >= 0.3 is 0 Å². The fourth-order valence-electron chi connectivity index (χ4n) is 1.70. The summed E-state index contributed by atoms with van der Waals surface area (Å²) in [5.41, 5.74) is 6.91. The number of fused-ring (bicyclic) bond motifs is 1. The van der Waals surface area contributed by atoms with Gasteiger partial charge in [0.05, 0.1) is 11.4 Å². The number of hydrogen-bond acceptors (Lipinski definition) is 4. The van der Waals surface area contributed by atoms with Crippen molar-refractivity contribution < 1.29 is 14.3 Å². The molecule has 0 saturated carbocycles. The largest absolute Gasteiger partial charge is 0.454 e. The molecule has 1 aliphatic rings. The van der Waals surface area contributed by atoms with Crippen molar-refractivity contribution in [2.45, 2.75) is 26.7 Å². The molecule has 0 spiro atoms. The highest BCUT2D eigenvalue weighted by Crippen LogP contribution is 2.38. The summed E-state index contributed by atoms with van der Waals surface area (Å²) in [7, 11) is 0. The van der Waals surface area contributed by atoms with Crippen LogP contribution in [0, 0.1) is 5.92 Å². The van der Waals surface area contributed by atoms with Crippen molar-refractivity contribution in [3.63, 3.8) is 0 Å². The minimum atomic E-state index is -0.0331. The number of benzene rings is 1. The Kier molecular flexibility index (Phi) is 5.30. The van der Waals surface area contributed by atoms with E-state index in [1.807, 2.05) is 0 Å². The molecule has 1 amide bonds. The van der Waals surface area contributed by atoms with Gasteiger partial charge < -0.3 is 20.5 Å². The van der Waals surface area contributed by atoms with Crippen molar-refractivity contribution in [1.82, 2.24) is 0 Å². The lowest BCUT2D eigenvalue weighted by molar-refractivity contribution is -0.116. The first-order valence-corrected chi connectivity index (χ1v) is 6.05. The van der Waals surface area contributed by atoms with Crippen LogP contribution >= 0.6 is 12.4 Å². The molecule has 0 aliphatic carbocycles. The molecule has 1 aromatic carbocycles. The lowest BCUT2D eigenvalue weighted by Gasteiger charge is -2.10. The van der Waals surface area contributed by atoms with Crippen LogP contribution in [-0.4, -0.2) is 12.7 Å². The topological polar surface area (TPSA) is 73.6 Å². The molecule has 0 bridgehead atoms. The monoisotopic (exact) mass is 286 g/mol. The number of hydrogen-bond donors (Lipinski definition) is 2. The molecule has 106 valence electrons. The molecule has 1 aliphatic heterocycles. The summed E-state index contributed by atoms with van der Waals surface area (Å²) in [6, 6.07) is 3.37. The van der Waals surface area contributed by atoms with Gasteiger partial charge in [-0.3, -0.25) is 4.79 Å². The number of amides is 1. The molecule has 0 unspecified atom stereocenters. The Balaban J connectivity index is 0.00000180. The molecule has 6 heteroatoms. The summed E-state index contributed by atoms with van der Waals surface area (Å²) in [4.78, 5) is 11.7. The van der Waals surface area contributed by atoms with Crippen molar-refractivity contribution >= 4 is 29.7 Å². The Morgan fingerprint density at radius 2 is 2.00 bits per heavy atom. The second kappa shape index (κ2) is 6.52. The second-order valence-electron chi connectivity index (χ2n) is 4.77. The van der Waals surface area contributed by atoms with E-state index < -0.39 is 0 Å². The van der Waals surface area contributed by atoms with Crippen LogP contribution in [0.3, 0.4) is 0 Å². The highest BCUT2D eigenvalue weighted by Gasteiger charge is 2.17. The van der Waals surface area contributed by atoms with Gasteiger partial charge in [0.15, 0.2) is 11.5 Å². The molecule has 0 saturated heterocycles. The predicted molar refractivity (Wildman–Crippen MR) is 76.9 cm³/mol. The van der Waals surface area contributed by atoms with E-state index in [0.717, 1.165) is 6.42 Å². The van der Waals surface area contributed by atoms with E-state index in [9.17, 15) is 4.79 Å². The average Bonchev–Trinajstić information content (AvgIpc) is 2.74. The number of rotatable bonds is 4. The molecule has 19 heavy (non-hydrogen) atoms. The zero-order valence-electron chi connectivity index (χ0n) is 11.1. The highest BCUT2D eigenvalue weighted by atomic mass is 35.5. The van der Waals surface area contributed by atoms with E-state index >= 15 is 0 Å². The number of carbonyl (C=O) groups is 1. The number of nitrogen functional groups attached to an aromatic ring is 1. The first-order valence-electron chi connectivity index (χ1n) is 6.05. The lowest BCUT2D eigenvalue weighted by atomic mass is 10.1. The van der Waals surface area contributed by atoms with E-state index in [2.05, 4.69) is 19.2 Å². The van der Waals surface area contributed by atoms with E-state index in [1.54, 1.807) is 12.1 Å². The molecule has 1 aromatic rings. The predicted octanol–water partition coefficient (Wildman–Crippen LogP) is 2.79. The van der Waals surface area contributed by atoms with Gasteiger partial charge in [0.1, 0.15) is 0 Å². The third kappa shape index (κ3) is 3.92. The first kappa shape index (κ1) is 15.4. The van der Waals surface area contributed by atoms with E-state index in [1.165, 1.54) is 0 Å². The van der Waals surface area contributed by atoms with Crippen LogP contribution in [-0.2, 0) is 4.79 Å². The quantitative estimate of drug-likeness (QED) is 0.835. The molecule has 0 atom stereocenters. The number of carbonyl (C=O) groups excluding carboxylic acids is 1. The summed E-state index contributed by atoms with van der Waals surface area (Å²) < 4.78 is 10.4. The Labute approximate surface area is 118 Å². The SMILES string of the molecule is CC(C)CCC(=O)Nc1cc2c(cc1N)OCO2.Cl. The smallest absolute Gasteiger partial charge is 0.231 e. The second-order valence-corrected chi connectivity index (χ2v) is 4.77. The van der Waals surface area contributed by atoms with Crippen LogP contribution in [0.15, 0.2) is 12.1 Å². The lowest BCUT2D eigenvalue weighted by Crippen LogP contribution is -2.13. The molecule has 5 nitrogen and oxygen atoms in total. The maximum atomic E-state index is 11.7. The number of ether oxygens (including phenoxy) is 2. The first-order chi connectivity index (χ1) is 8.56. The van der Waals surface area contributed by atoms with Crippen LogP contribution < -0.4 is 20.5 Å². The van der Waals surface area contributed by atoms with Crippen LogP contribution in [0.4, 0.5) is 11.4 Å². The van der Waals surface area contributed by atoms with Crippen LogP contribution in [0.5, 0.6) is 11.5 Å². The summed E-state index contributed by atoms with van der Waals surface area (Å²) in [6.07, 6.45) is 1.35. The third-order valence-corrected chi connectivity index (χ3v) is 2.77. The molecule has 2 rings (SSSR count). The third-order valence-electron chi connectivity index (χ3n) is 2.77. The summed E-state index contributed by atoms with van der Waals surface area (Å²) in [6.45, 7) is 4.37. The summed E-state index contributed by atoms with van der Waals surface area (Å²) in [5.74, 6) is 1.70. The van der Waals surface area contributed by atoms with Gasteiger partial charge in [0.2, 0.25) is 12.7 Å². The summed E-state index contributed by atoms with van der Waals surface area (Å²) in [5, 5.41) is 2.80. The fourth-order valence-corrected chi connectivity index (χ4v) is 1.70. The fraction of sp³-hybridized carbons (Fsp3) is 0.462. The zero-order chi connectivity index (χ0) is 13.1. The Hall–Kier alpha value is -1.62. The van der Waals surface area contributed by atoms with Crippen molar-refractivity contribution in [3.8, 4) is 11.5 Å². The normalized spacial score (nSPS) is 12.2. The number of nitrogens with one attached hydrogen (secondary N) is 1. The molecule has 1 heterocycles. The Bertz CT molecular complexity index is 463.